The summed E-state index contributed by atoms with van der Waals surface area (Å²) in [5.74, 6) is -3.31. The van der Waals surface area contributed by atoms with E-state index in [-0.39, 0.29) is 28.0 Å². The maximum absolute atomic E-state index is 12.4. The largest absolute Gasteiger partial charge is 0.481 e. The molecule has 1 aromatic heterocycles. The molecule has 1 unspecified atom stereocenters. The van der Waals surface area contributed by atoms with Gasteiger partial charge in [0.05, 0.1) is 22.3 Å². The van der Waals surface area contributed by atoms with Crippen LogP contribution in [0.4, 0.5) is 9.80 Å². The Bertz CT molecular complexity index is 1230. The van der Waals surface area contributed by atoms with E-state index in [1.165, 1.54) is 24.3 Å². The van der Waals surface area contributed by atoms with Gasteiger partial charge in [0, 0.05) is 23.1 Å². The van der Waals surface area contributed by atoms with E-state index in [1.54, 1.807) is 6.07 Å². The van der Waals surface area contributed by atoms with Gasteiger partial charge in [-0.2, -0.15) is 0 Å². The number of anilines is 1. The molecule has 0 fully saturated rings. The van der Waals surface area contributed by atoms with E-state index in [0.717, 1.165) is 16.9 Å². The summed E-state index contributed by atoms with van der Waals surface area (Å²) in [4.78, 5) is 48.5. The van der Waals surface area contributed by atoms with Gasteiger partial charge in [-0.3, -0.25) is 19.7 Å². The molecule has 0 spiro atoms. The van der Waals surface area contributed by atoms with Gasteiger partial charge in [0.2, 0.25) is 5.91 Å². The van der Waals surface area contributed by atoms with Crippen molar-refractivity contribution in [2.45, 2.75) is 12.5 Å². The smallest absolute Gasteiger partial charge is 0.320 e. The summed E-state index contributed by atoms with van der Waals surface area (Å²) in [6, 6.07) is 16.5. The minimum Gasteiger partial charge on any atom is -0.481 e. The van der Waals surface area contributed by atoms with Gasteiger partial charge in [-0.25, -0.2) is 4.79 Å². The van der Waals surface area contributed by atoms with Crippen LogP contribution >= 0.6 is 34.5 Å². The second-order valence-electron chi connectivity index (χ2n) is 7.54. The van der Waals surface area contributed by atoms with Crippen LogP contribution in [0.1, 0.15) is 26.7 Å². The van der Waals surface area contributed by atoms with Gasteiger partial charge in [-0.15, -0.1) is 11.3 Å². The quantitative estimate of drug-likeness (QED) is 0.260. The van der Waals surface area contributed by atoms with E-state index >= 15 is 0 Å². The predicted molar refractivity (Wildman–Crippen MR) is 139 cm³/mol. The molecule has 5 N–H and O–H groups in total. The van der Waals surface area contributed by atoms with Crippen molar-refractivity contribution in [2.75, 3.05) is 18.4 Å². The molecule has 0 bridgehead atoms. The number of carbonyl (C=O) groups is 4. The zero-order valence-electron chi connectivity index (χ0n) is 18.7. The zero-order chi connectivity index (χ0) is 26.1. The highest BCUT2D eigenvalue weighted by atomic mass is 35.5. The molecule has 4 amide bonds. The monoisotopic (exact) mass is 548 g/mol. The van der Waals surface area contributed by atoms with Crippen molar-refractivity contribution in [2.24, 2.45) is 0 Å². The van der Waals surface area contributed by atoms with Crippen molar-refractivity contribution in [3.63, 3.8) is 0 Å². The molecule has 0 aliphatic heterocycles. The Labute approximate surface area is 220 Å². The molecule has 0 radical (unpaired) electrons. The fraction of sp³-hybridized carbons (Fsp3) is 0.167. The minimum atomic E-state index is -1.16. The number of thiophene rings is 1. The first-order chi connectivity index (χ1) is 17.2. The third kappa shape index (κ3) is 8.26. The third-order valence-electron chi connectivity index (χ3n) is 4.86. The zero-order valence-corrected chi connectivity index (χ0v) is 21.0. The Kier molecular flexibility index (Phi) is 9.69. The van der Waals surface area contributed by atoms with Gasteiger partial charge in [-0.1, -0.05) is 53.5 Å². The van der Waals surface area contributed by atoms with Crippen LogP contribution in [0.15, 0.2) is 60.7 Å². The average molecular weight is 549 g/mol. The van der Waals surface area contributed by atoms with Crippen LogP contribution in [0, 0.1) is 0 Å². The van der Waals surface area contributed by atoms with E-state index in [4.69, 9.17) is 23.2 Å². The normalized spacial score (nSPS) is 11.3. The third-order valence-corrected chi connectivity index (χ3v) is 6.30. The maximum atomic E-state index is 12.4. The van der Waals surface area contributed by atoms with Crippen LogP contribution in [-0.4, -0.2) is 42.0 Å². The molecular formula is C24H22Cl2N4O5S. The van der Waals surface area contributed by atoms with E-state index in [0.29, 0.717) is 17.1 Å². The highest BCUT2D eigenvalue weighted by Gasteiger charge is 2.22. The number of amides is 4. The van der Waals surface area contributed by atoms with Gasteiger partial charge < -0.3 is 21.1 Å². The molecule has 9 nitrogen and oxygen atoms in total. The molecule has 1 heterocycles. The number of carboxylic acid groups (broad SMARTS) is 1. The van der Waals surface area contributed by atoms with Gasteiger partial charge >= 0.3 is 12.0 Å². The number of hydrogen-bond donors (Lipinski definition) is 5. The molecular weight excluding hydrogens is 527 g/mol. The minimum absolute atomic E-state index is 0.216. The van der Waals surface area contributed by atoms with Gasteiger partial charge in [0.1, 0.15) is 0 Å². The van der Waals surface area contributed by atoms with E-state index in [2.05, 4.69) is 21.3 Å². The van der Waals surface area contributed by atoms with Crippen molar-refractivity contribution in [1.82, 2.24) is 16.0 Å². The Hall–Kier alpha value is -3.60. The molecule has 36 heavy (non-hydrogen) atoms. The highest BCUT2D eigenvalue weighted by molar-refractivity contribution is 7.18. The standard InChI is InChI=1S/C24H22Cl2N4O5S/c25-16-8-15(9-17(26)10-16)18(23(33)34)12-27-20(31)13-28-22(32)19-6-7-21(36-19)30-24(35)29-11-14-4-2-1-3-5-14/h1-10,18H,11-13H2,(H,27,31)(H,28,32)(H,33,34)(H2,29,30,35). The first-order valence-corrected chi connectivity index (χ1v) is 12.2. The highest BCUT2D eigenvalue weighted by Crippen LogP contribution is 2.25. The average Bonchev–Trinajstić information content (AvgIpc) is 3.29. The number of carboxylic acids is 1. The number of carbonyl (C=O) groups excluding carboxylic acids is 3. The summed E-state index contributed by atoms with van der Waals surface area (Å²) in [6.07, 6.45) is 0. The molecule has 3 aromatic rings. The number of halogens is 2. The summed E-state index contributed by atoms with van der Waals surface area (Å²) >= 11 is 12.9. The Balaban J connectivity index is 1.44. The van der Waals surface area contributed by atoms with E-state index in [1.807, 2.05) is 30.3 Å². The SMILES string of the molecule is O=C(CNC(=O)c1ccc(NC(=O)NCc2ccccc2)s1)NCC(C(=O)O)c1cc(Cl)cc(Cl)c1. The summed E-state index contributed by atoms with van der Waals surface area (Å²) in [5.41, 5.74) is 1.29. The van der Waals surface area contributed by atoms with Crippen molar-refractivity contribution in [3.05, 3.63) is 86.7 Å². The number of hydrogen-bond acceptors (Lipinski definition) is 5. The molecule has 3 rings (SSSR count). The fourth-order valence-electron chi connectivity index (χ4n) is 3.11. The lowest BCUT2D eigenvalue weighted by atomic mass is 9.99. The van der Waals surface area contributed by atoms with Crippen LogP contribution in [-0.2, 0) is 16.1 Å². The maximum Gasteiger partial charge on any atom is 0.320 e. The molecule has 2 aromatic carbocycles. The van der Waals surface area contributed by atoms with Crippen molar-refractivity contribution < 1.29 is 24.3 Å². The first-order valence-electron chi connectivity index (χ1n) is 10.6. The van der Waals surface area contributed by atoms with Crippen LogP contribution in [0.2, 0.25) is 10.0 Å². The summed E-state index contributed by atoms with van der Waals surface area (Å²) < 4.78 is 0. The van der Waals surface area contributed by atoms with Gasteiger partial charge in [0.15, 0.2) is 0 Å². The Morgan fingerprint density at radius 1 is 0.889 bits per heavy atom. The number of aliphatic carboxylic acids is 1. The number of benzene rings is 2. The molecule has 188 valence electrons. The predicted octanol–water partition coefficient (Wildman–Crippen LogP) is 4.09. The Morgan fingerprint density at radius 3 is 2.25 bits per heavy atom. The van der Waals surface area contributed by atoms with Crippen LogP contribution in [0.5, 0.6) is 0 Å². The molecule has 1 atom stereocenters. The lowest BCUT2D eigenvalue weighted by Crippen LogP contribution is -2.39. The second-order valence-corrected chi connectivity index (χ2v) is 9.49. The van der Waals surface area contributed by atoms with Crippen LogP contribution < -0.4 is 21.3 Å². The number of rotatable bonds is 10. The Morgan fingerprint density at radius 2 is 1.58 bits per heavy atom. The fourth-order valence-corrected chi connectivity index (χ4v) is 4.47. The van der Waals surface area contributed by atoms with Crippen molar-refractivity contribution in [3.8, 4) is 0 Å². The number of urea groups is 1. The topological polar surface area (TPSA) is 137 Å². The van der Waals surface area contributed by atoms with E-state index < -0.39 is 29.7 Å². The van der Waals surface area contributed by atoms with Crippen LogP contribution in [0.25, 0.3) is 0 Å². The summed E-state index contributed by atoms with van der Waals surface area (Å²) in [6.45, 7) is -0.223. The van der Waals surface area contributed by atoms with Crippen molar-refractivity contribution in [1.29, 1.82) is 0 Å². The molecule has 12 heteroatoms. The number of nitrogens with one attached hydrogen (secondary N) is 4. The summed E-state index contributed by atoms with van der Waals surface area (Å²) in [5, 5.41) is 20.8. The van der Waals surface area contributed by atoms with Crippen molar-refractivity contribution >= 4 is 63.4 Å². The molecule has 0 aliphatic rings. The summed E-state index contributed by atoms with van der Waals surface area (Å²) in [7, 11) is 0. The van der Waals surface area contributed by atoms with Gasteiger partial charge in [-0.05, 0) is 41.5 Å². The molecule has 0 aliphatic carbocycles. The molecule has 0 saturated heterocycles. The van der Waals surface area contributed by atoms with Gasteiger partial charge in [0.25, 0.3) is 5.91 Å². The first kappa shape index (κ1) is 27.0. The lowest BCUT2D eigenvalue weighted by Gasteiger charge is -2.15. The lowest BCUT2D eigenvalue weighted by molar-refractivity contribution is -0.138. The second kappa shape index (κ2) is 12.9. The van der Waals surface area contributed by atoms with E-state index in [9.17, 15) is 24.3 Å². The molecule has 0 saturated carbocycles. The van der Waals surface area contributed by atoms with Crippen LogP contribution in [0.3, 0.4) is 0 Å².